The summed E-state index contributed by atoms with van der Waals surface area (Å²) in [4.78, 5) is 37.5. The van der Waals surface area contributed by atoms with Gasteiger partial charge in [0.25, 0.3) is 17.1 Å². The number of nitrogens with zero attached hydrogens (tertiary/aromatic N) is 1. The van der Waals surface area contributed by atoms with E-state index in [0.29, 0.717) is 16.3 Å². The Morgan fingerprint density at radius 1 is 1.25 bits per heavy atom. The molecule has 2 N–H and O–H groups in total. The number of carbonyl (C=O) groups is 3. The number of rotatable bonds is 6. The van der Waals surface area contributed by atoms with E-state index in [9.17, 15) is 14.4 Å². The van der Waals surface area contributed by atoms with E-state index in [1.807, 2.05) is 0 Å². The molecule has 144 valence electrons. The highest BCUT2D eigenvalue weighted by Crippen LogP contribution is 2.35. The first-order chi connectivity index (χ1) is 13.3. The molecule has 0 aromatic heterocycles. The van der Waals surface area contributed by atoms with Gasteiger partial charge in [-0.1, -0.05) is 39.7 Å². The van der Waals surface area contributed by atoms with Crippen LogP contribution in [0, 0.1) is 0 Å². The molecule has 0 saturated carbocycles. The van der Waals surface area contributed by atoms with Crippen LogP contribution in [-0.4, -0.2) is 28.6 Å². The zero-order valence-corrected chi connectivity index (χ0v) is 17.5. The highest BCUT2D eigenvalue weighted by atomic mass is 79.9. The number of hydrogen-bond acceptors (Lipinski definition) is 5. The van der Waals surface area contributed by atoms with Gasteiger partial charge in [0.1, 0.15) is 5.75 Å². The number of thioether (sulfide) groups is 1. The largest absolute Gasteiger partial charge is 0.483 e. The molecule has 1 heterocycles. The predicted octanol–water partition coefficient (Wildman–Crippen LogP) is 4.20. The summed E-state index contributed by atoms with van der Waals surface area (Å²) < 4.78 is 6.14. The fourth-order valence-electron chi connectivity index (χ4n) is 2.51. The molecular weight excluding hydrogens is 468 g/mol. The maximum absolute atomic E-state index is 12.7. The molecule has 2 aromatic carbocycles. The van der Waals surface area contributed by atoms with Crippen LogP contribution in [0.25, 0.3) is 6.08 Å². The second kappa shape index (κ2) is 8.81. The second-order valence-corrected chi connectivity index (χ2v) is 8.18. The molecule has 3 rings (SSSR count). The predicted molar refractivity (Wildman–Crippen MR) is 112 cm³/mol. The molecular formula is C19H14BrClN2O4S. The van der Waals surface area contributed by atoms with Crippen molar-refractivity contribution in [3.05, 3.63) is 68.0 Å². The lowest BCUT2D eigenvalue weighted by molar-refractivity contribution is -0.123. The molecule has 3 amide bonds. The Morgan fingerprint density at radius 3 is 2.75 bits per heavy atom. The van der Waals surface area contributed by atoms with Crippen molar-refractivity contribution in [3.8, 4) is 5.75 Å². The molecule has 1 saturated heterocycles. The normalized spacial score (nSPS) is 15.4. The number of halogens is 2. The summed E-state index contributed by atoms with van der Waals surface area (Å²) in [5.74, 6) is -0.643. The SMILES string of the molecule is NC(=O)COc1ccc(Br)cc1/C=C1\SC(=O)N(Cc2cccc(Cl)c2)C1=O. The smallest absolute Gasteiger partial charge is 0.293 e. The van der Waals surface area contributed by atoms with Crippen LogP contribution in [0.1, 0.15) is 11.1 Å². The van der Waals surface area contributed by atoms with Gasteiger partial charge in [-0.05, 0) is 53.7 Å². The minimum absolute atomic E-state index is 0.131. The Balaban J connectivity index is 1.85. The molecule has 1 fully saturated rings. The molecule has 0 bridgehead atoms. The molecule has 0 radical (unpaired) electrons. The number of amides is 3. The first kappa shape index (κ1) is 20.4. The van der Waals surface area contributed by atoms with E-state index in [1.54, 1.807) is 48.5 Å². The topological polar surface area (TPSA) is 89.7 Å². The van der Waals surface area contributed by atoms with Gasteiger partial charge in [0.2, 0.25) is 0 Å². The van der Waals surface area contributed by atoms with Crippen LogP contribution in [0.5, 0.6) is 5.75 Å². The van der Waals surface area contributed by atoms with Gasteiger partial charge in [0.15, 0.2) is 6.61 Å². The summed E-state index contributed by atoms with van der Waals surface area (Å²) in [6.45, 7) is -0.162. The summed E-state index contributed by atoms with van der Waals surface area (Å²) in [5.41, 5.74) is 6.42. The number of carbonyl (C=O) groups excluding carboxylic acids is 3. The van der Waals surface area contributed by atoms with Gasteiger partial charge in [-0.25, -0.2) is 0 Å². The van der Waals surface area contributed by atoms with Gasteiger partial charge in [-0.3, -0.25) is 19.3 Å². The van der Waals surface area contributed by atoms with Crippen LogP contribution in [0.15, 0.2) is 51.8 Å². The van der Waals surface area contributed by atoms with E-state index < -0.39 is 11.8 Å². The third-order valence-electron chi connectivity index (χ3n) is 3.73. The van der Waals surface area contributed by atoms with Crippen molar-refractivity contribution in [3.63, 3.8) is 0 Å². The van der Waals surface area contributed by atoms with E-state index in [-0.39, 0.29) is 23.3 Å². The fraction of sp³-hybridized carbons (Fsp3) is 0.105. The maximum atomic E-state index is 12.7. The first-order valence-corrected chi connectivity index (χ1v) is 10.0. The molecule has 1 aliphatic rings. The van der Waals surface area contributed by atoms with Gasteiger partial charge >= 0.3 is 0 Å². The average molecular weight is 482 g/mol. The van der Waals surface area contributed by atoms with E-state index in [0.717, 1.165) is 26.7 Å². The van der Waals surface area contributed by atoms with Gasteiger partial charge in [0.05, 0.1) is 11.4 Å². The standard InChI is InChI=1S/C19H14BrClN2O4S/c20-13-4-5-15(27-10-17(22)24)12(7-13)8-16-18(25)23(19(26)28-16)9-11-2-1-3-14(21)6-11/h1-8H,9-10H2,(H2,22,24)/b16-8-. The van der Waals surface area contributed by atoms with Crippen molar-refractivity contribution in [2.24, 2.45) is 5.73 Å². The van der Waals surface area contributed by atoms with Crippen molar-refractivity contribution in [1.82, 2.24) is 4.90 Å². The number of primary amides is 1. The van der Waals surface area contributed by atoms with Crippen LogP contribution in [-0.2, 0) is 16.1 Å². The number of ether oxygens (including phenoxy) is 1. The number of nitrogens with two attached hydrogens (primary N) is 1. The van der Waals surface area contributed by atoms with Gasteiger partial charge in [-0.2, -0.15) is 0 Å². The highest BCUT2D eigenvalue weighted by molar-refractivity contribution is 9.10. The molecule has 6 nitrogen and oxygen atoms in total. The van der Waals surface area contributed by atoms with Crippen molar-refractivity contribution in [2.45, 2.75) is 6.54 Å². The number of imide groups is 1. The lowest BCUT2D eigenvalue weighted by Gasteiger charge is -2.12. The van der Waals surface area contributed by atoms with Crippen molar-refractivity contribution in [2.75, 3.05) is 6.61 Å². The minimum Gasteiger partial charge on any atom is -0.483 e. The maximum Gasteiger partial charge on any atom is 0.293 e. The third kappa shape index (κ3) is 4.95. The van der Waals surface area contributed by atoms with Crippen LogP contribution in [0.3, 0.4) is 0 Å². The van der Waals surface area contributed by atoms with Gasteiger partial charge in [0, 0.05) is 15.1 Å². The minimum atomic E-state index is -0.615. The van der Waals surface area contributed by atoms with Crippen molar-refractivity contribution >= 4 is 62.4 Å². The van der Waals surface area contributed by atoms with E-state index in [1.165, 1.54) is 0 Å². The van der Waals surface area contributed by atoms with E-state index >= 15 is 0 Å². The molecule has 0 aliphatic carbocycles. The van der Waals surface area contributed by atoms with E-state index in [2.05, 4.69) is 15.9 Å². The van der Waals surface area contributed by atoms with Crippen LogP contribution >= 0.6 is 39.3 Å². The Kier molecular flexibility index (Phi) is 6.43. The highest BCUT2D eigenvalue weighted by Gasteiger charge is 2.35. The number of hydrogen-bond donors (Lipinski definition) is 1. The van der Waals surface area contributed by atoms with Crippen molar-refractivity contribution < 1.29 is 19.1 Å². The van der Waals surface area contributed by atoms with Crippen LogP contribution in [0.4, 0.5) is 4.79 Å². The Morgan fingerprint density at radius 2 is 2.04 bits per heavy atom. The lowest BCUT2D eigenvalue weighted by atomic mass is 10.1. The summed E-state index contributed by atoms with van der Waals surface area (Å²) >= 11 is 10.2. The molecule has 0 spiro atoms. The monoisotopic (exact) mass is 480 g/mol. The van der Waals surface area contributed by atoms with Crippen molar-refractivity contribution in [1.29, 1.82) is 0 Å². The second-order valence-electron chi connectivity index (χ2n) is 5.83. The third-order valence-corrected chi connectivity index (χ3v) is 5.37. The van der Waals surface area contributed by atoms with Gasteiger partial charge < -0.3 is 10.5 Å². The average Bonchev–Trinajstić information content (AvgIpc) is 2.88. The Labute approximate surface area is 178 Å². The zero-order valence-electron chi connectivity index (χ0n) is 14.4. The molecule has 2 aromatic rings. The zero-order chi connectivity index (χ0) is 20.3. The quantitative estimate of drug-likeness (QED) is 0.625. The first-order valence-electron chi connectivity index (χ1n) is 8.04. The summed E-state index contributed by atoms with van der Waals surface area (Å²) in [6.07, 6.45) is 1.56. The van der Waals surface area contributed by atoms with Gasteiger partial charge in [-0.15, -0.1) is 0 Å². The lowest BCUT2D eigenvalue weighted by Crippen LogP contribution is -2.27. The fourth-order valence-corrected chi connectivity index (χ4v) is 3.93. The Bertz CT molecular complexity index is 996. The molecule has 0 unspecified atom stereocenters. The van der Waals surface area contributed by atoms with E-state index in [4.69, 9.17) is 22.1 Å². The molecule has 0 atom stereocenters. The summed E-state index contributed by atoms with van der Waals surface area (Å²) in [7, 11) is 0. The van der Waals surface area contributed by atoms with Crippen LogP contribution in [0.2, 0.25) is 5.02 Å². The molecule has 9 heteroatoms. The molecule has 1 aliphatic heterocycles. The Hall–Kier alpha value is -2.29. The summed E-state index contributed by atoms with van der Waals surface area (Å²) in [5, 5.41) is 0.163. The van der Waals surface area contributed by atoms with Crippen LogP contribution < -0.4 is 10.5 Å². The molecule has 28 heavy (non-hydrogen) atoms. The number of benzene rings is 2. The summed E-state index contributed by atoms with van der Waals surface area (Å²) in [6, 6.07) is 12.1.